The molecular formula is C22H27BrN2O5. The Hall–Kier alpha value is -2.74. The zero-order valence-electron chi connectivity index (χ0n) is 17.6. The fourth-order valence-electron chi connectivity index (χ4n) is 2.83. The topological polar surface area (TPSA) is 77.1 Å². The summed E-state index contributed by atoms with van der Waals surface area (Å²) in [4.78, 5) is 26.9. The molecule has 0 saturated heterocycles. The fourth-order valence-corrected chi connectivity index (χ4v) is 3.28. The van der Waals surface area contributed by atoms with E-state index in [0.29, 0.717) is 23.8 Å². The van der Waals surface area contributed by atoms with Crippen LogP contribution in [-0.2, 0) is 16.1 Å². The summed E-state index contributed by atoms with van der Waals surface area (Å²) in [6.07, 6.45) is 0. The van der Waals surface area contributed by atoms with Crippen LogP contribution in [0.25, 0.3) is 0 Å². The molecule has 0 heterocycles. The lowest BCUT2D eigenvalue weighted by atomic mass is 10.1. The molecule has 2 aromatic rings. The minimum absolute atomic E-state index is 0.219. The van der Waals surface area contributed by atoms with E-state index in [4.69, 9.17) is 14.2 Å². The fraction of sp³-hybridized carbons (Fsp3) is 0.364. The van der Waals surface area contributed by atoms with Crippen LogP contribution in [0.2, 0.25) is 0 Å². The maximum absolute atomic E-state index is 13.0. The van der Waals surface area contributed by atoms with E-state index in [9.17, 15) is 9.59 Å². The van der Waals surface area contributed by atoms with Gasteiger partial charge in [0.2, 0.25) is 5.91 Å². The summed E-state index contributed by atoms with van der Waals surface area (Å²) in [5, 5.41) is 2.77. The molecule has 0 aliphatic carbocycles. The van der Waals surface area contributed by atoms with E-state index in [1.165, 1.54) is 19.1 Å². The van der Waals surface area contributed by atoms with Gasteiger partial charge in [0.1, 0.15) is 23.3 Å². The van der Waals surface area contributed by atoms with Crippen LogP contribution in [0, 0.1) is 0 Å². The van der Waals surface area contributed by atoms with Crippen LogP contribution < -0.4 is 19.5 Å². The van der Waals surface area contributed by atoms with Crippen LogP contribution in [0.15, 0.2) is 46.9 Å². The van der Waals surface area contributed by atoms with Crippen molar-refractivity contribution in [2.45, 2.75) is 26.4 Å². The molecule has 1 atom stereocenters. The van der Waals surface area contributed by atoms with Crippen LogP contribution in [-0.4, -0.2) is 50.1 Å². The zero-order chi connectivity index (χ0) is 22.1. The Balaban J connectivity index is 2.18. The number of carbonyl (C=O) groups excluding carboxylic acids is 2. The van der Waals surface area contributed by atoms with Crippen molar-refractivity contribution in [2.24, 2.45) is 0 Å². The van der Waals surface area contributed by atoms with Crippen LogP contribution in [0.4, 0.5) is 0 Å². The molecule has 0 fully saturated rings. The SMILES string of the molecule is CCNC(=O)C(C)N(Cc1cccc(Br)c1)C(=O)COc1cc(OC)cc(OC)c1. The molecule has 1 unspecified atom stereocenters. The third kappa shape index (κ3) is 6.66. The number of benzene rings is 2. The molecule has 2 aromatic carbocycles. The first kappa shape index (κ1) is 23.5. The van der Waals surface area contributed by atoms with Crippen molar-refractivity contribution in [1.82, 2.24) is 10.2 Å². The Morgan fingerprint density at radius 2 is 1.70 bits per heavy atom. The van der Waals surface area contributed by atoms with Gasteiger partial charge in [0.05, 0.1) is 14.2 Å². The van der Waals surface area contributed by atoms with E-state index < -0.39 is 6.04 Å². The second kappa shape index (κ2) is 11.4. The summed E-state index contributed by atoms with van der Waals surface area (Å²) in [6, 6.07) is 12.0. The Labute approximate surface area is 185 Å². The maximum atomic E-state index is 13.0. The normalized spacial score (nSPS) is 11.4. The number of amides is 2. The van der Waals surface area contributed by atoms with Gasteiger partial charge in [-0.05, 0) is 31.5 Å². The highest BCUT2D eigenvalue weighted by molar-refractivity contribution is 9.10. The van der Waals surface area contributed by atoms with Gasteiger partial charge in [0.25, 0.3) is 5.91 Å². The molecule has 30 heavy (non-hydrogen) atoms. The van der Waals surface area contributed by atoms with Gasteiger partial charge in [0.15, 0.2) is 6.61 Å². The maximum Gasteiger partial charge on any atom is 0.261 e. The molecule has 2 amide bonds. The standard InChI is InChI=1S/C22H27BrN2O5/c1-5-24-22(27)15(2)25(13-16-7-6-8-17(23)9-16)21(26)14-30-20-11-18(28-3)10-19(12-20)29-4/h6-12,15H,5,13-14H2,1-4H3,(H,24,27). The highest BCUT2D eigenvalue weighted by atomic mass is 79.9. The van der Waals surface area contributed by atoms with E-state index in [1.807, 2.05) is 31.2 Å². The van der Waals surface area contributed by atoms with Gasteiger partial charge in [-0.3, -0.25) is 9.59 Å². The van der Waals surface area contributed by atoms with Crippen molar-refractivity contribution >= 4 is 27.7 Å². The summed E-state index contributed by atoms with van der Waals surface area (Å²) in [5.41, 5.74) is 0.900. The Morgan fingerprint density at radius 1 is 1.07 bits per heavy atom. The molecule has 2 rings (SSSR count). The first-order chi connectivity index (χ1) is 14.4. The van der Waals surface area contributed by atoms with E-state index in [1.54, 1.807) is 25.1 Å². The number of hydrogen-bond donors (Lipinski definition) is 1. The Bertz CT molecular complexity index is 852. The molecule has 0 bridgehead atoms. The number of nitrogens with one attached hydrogen (secondary N) is 1. The van der Waals surface area contributed by atoms with E-state index >= 15 is 0 Å². The van der Waals surface area contributed by atoms with Gasteiger partial charge < -0.3 is 24.4 Å². The number of carbonyl (C=O) groups is 2. The van der Waals surface area contributed by atoms with Crippen molar-refractivity contribution in [1.29, 1.82) is 0 Å². The first-order valence-electron chi connectivity index (χ1n) is 9.55. The first-order valence-corrected chi connectivity index (χ1v) is 10.3. The molecule has 1 N–H and O–H groups in total. The van der Waals surface area contributed by atoms with Crippen molar-refractivity contribution in [3.63, 3.8) is 0 Å². The summed E-state index contributed by atoms with van der Waals surface area (Å²) in [6.45, 7) is 4.08. The lowest BCUT2D eigenvalue weighted by molar-refractivity contribution is -0.142. The molecule has 0 saturated carbocycles. The predicted octanol–water partition coefficient (Wildman–Crippen LogP) is 3.40. The average molecular weight is 479 g/mol. The van der Waals surface area contributed by atoms with Crippen LogP contribution in [0.5, 0.6) is 17.2 Å². The van der Waals surface area contributed by atoms with E-state index in [0.717, 1.165) is 10.0 Å². The number of halogens is 1. The van der Waals surface area contributed by atoms with E-state index in [2.05, 4.69) is 21.2 Å². The smallest absolute Gasteiger partial charge is 0.261 e. The third-order valence-electron chi connectivity index (χ3n) is 4.45. The van der Waals surface area contributed by atoms with Gasteiger partial charge in [0, 0.05) is 35.8 Å². The molecular weight excluding hydrogens is 452 g/mol. The van der Waals surface area contributed by atoms with Crippen molar-refractivity contribution in [2.75, 3.05) is 27.4 Å². The lowest BCUT2D eigenvalue weighted by Crippen LogP contribution is -2.49. The molecule has 0 aliphatic rings. The minimum atomic E-state index is -0.653. The highest BCUT2D eigenvalue weighted by Gasteiger charge is 2.26. The van der Waals surface area contributed by atoms with Crippen molar-refractivity contribution in [3.05, 3.63) is 52.5 Å². The van der Waals surface area contributed by atoms with E-state index in [-0.39, 0.29) is 25.0 Å². The monoisotopic (exact) mass is 478 g/mol. The second-order valence-electron chi connectivity index (χ2n) is 6.56. The van der Waals surface area contributed by atoms with Gasteiger partial charge >= 0.3 is 0 Å². The van der Waals surface area contributed by atoms with Gasteiger partial charge in [-0.15, -0.1) is 0 Å². The van der Waals surface area contributed by atoms with Crippen LogP contribution in [0.3, 0.4) is 0 Å². The van der Waals surface area contributed by atoms with Gasteiger partial charge in [-0.2, -0.15) is 0 Å². The third-order valence-corrected chi connectivity index (χ3v) is 4.94. The van der Waals surface area contributed by atoms with Crippen molar-refractivity contribution < 1.29 is 23.8 Å². The number of hydrogen-bond acceptors (Lipinski definition) is 5. The van der Waals surface area contributed by atoms with Crippen LogP contribution >= 0.6 is 15.9 Å². The van der Waals surface area contributed by atoms with Gasteiger partial charge in [-0.1, -0.05) is 28.1 Å². The summed E-state index contributed by atoms with van der Waals surface area (Å²) in [7, 11) is 3.08. The molecule has 0 radical (unpaired) electrons. The summed E-state index contributed by atoms with van der Waals surface area (Å²) < 4.78 is 17.0. The van der Waals surface area contributed by atoms with Gasteiger partial charge in [-0.25, -0.2) is 0 Å². The molecule has 7 nitrogen and oxygen atoms in total. The second-order valence-corrected chi connectivity index (χ2v) is 7.47. The molecule has 162 valence electrons. The van der Waals surface area contributed by atoms with Crippen LogP contribution in [0.1, 0.15) is 19.4 Å². The molecule has 0 aliphatic heterocycles. The molecule has 0 aromatic heterocycles. The lowest BCUT2D eigenvalue weighted by Gasteiger charge is -2.28. The Kier molecular flexibility index (Phi) is 8.98. The molecule has 8 heteroatoms. The number of methoxy groups -OCH3 is 2. The molecule has 0 spiro atoms. The number of likely N-dealkylation sites (N-methyl/N-ethyl adjacent to an activating group) is 1. The quantitative estimate of drug-likeness (QED) is 0.566. The largest absolute Gasteiger partial charge is 0.496 e. The summed E-state index contributed by atoms with van der Waals surface area (Å²) in [5.74, 6) is 1.02. The predicted molar refractivity (Wildman–Crippen MR) is 118 cm³/mol. The minimum Gasteiger partial charge on any atom is -0.496 e. The van der Waals surface area contributed by atoms with Crippen molar-refractivity contribution in [3.8, 4) is 17.2 Å². The number of rotatable bonds is 10. The zero-order valence-corrected chi connectivity index (χ0v) is 19.2. The Morgan fingerprint density at radius 3 is 2.27 bits per heavy atom. The average Bonchev–Trinajstić information content (AvgIpc) is 2.75. The highest BCUT2D eigenvalue weighted by Crippen LogP contribution is 2.27. The summed E-state index contributed by atoms with van der Waals surface area (Å²) >= 11 is 3.44. The number of ether oxygens (including phenoxy) is 3. The number of nitrogens with zero attached hydrogens (tertiary/aromatic N) is 1.